The van der Waals surface area contributed by atoms with E-state index in [9.17, 15) is 0 Å². The van der Waals surface area contributed by atoms with E-state index in [1.54, 1.807) is 0 Å². The molecule has 0 saturated heterocycles. The minimum Gasteiger partial charge on any atom is -0.454 e. The van der Waals surface area contributed by atoms with Gasteiger partial charge in [-0.1, -0.05) is 98.8 Å². The molecule has 3 heteroatoms. The summed E-state index contributed by atoms with van der Waals surface area (Å²) >= 11 is 0. The van der Waals surface area contributed by atoms with Gasteiger partial charge in [-0.15, -0.1) is 0 Å². The van der Waals surface area contributed by atoms with Crippen molar-refractivity contribution in [2.75, 3.05) is 0 Å². The first-order valence-corrected chi connectivity index (χ1v) is 17.4. The lowest BCUT2D eigenvalue weighted by Crippen LogP contribution is -2.14. The number of hydrogen-bond acceptors (Lipinski definition) is 1. The van der Waals surface area contributed by atoms with E-state index in [4.69, 9.17) is 4.42 Å². The van der Waals surface area contributed by atoms with Crippen LogP contribution in [0.5, 0.6) is 0 Å². The first-order valence-electron chi connectivity index (χ1n) is 17.4. The lowest BCUT2D eigenvalue weighted by Gasteiger charge is -2.21. The van der Waals surface area contributed by atoms with Crippen LogP contribution in [0.3, 0.4) is 0 Å². The molecule has 0 unspecified atom stereocenters. The van der Waals surface area contributed by atoms with Gasteiger partial charge in [0.15, 0.2) is 5.58 Å². The van der Waals surface area contributed by atoms with E-state index in [1.807, 2.05) is 6.07 Å². The van der Waals surface area contributed by atoms with Crippen molar-refractivity contribution < 1.29 is 4.42 Å². The summed E-state index contributed by atoms with van der Waals surface area (Å²) in [5.41, 5.74) is 16.5. The number of para-hydroxylation sites is 3. The molecule has 1 aliphatic rings. The number of fused-ring (bicyclic) bond motifs is 11. The molecule has 0 fully saturated rings. The van der Waals surface area contributed by atoms with Crippen LogP contribution in [0, 0.1) is 0 Å². The molecule has 0 amide bonds. The second-order valence-electron chi connectivity index (χ2n) is 14.2. The van der Waals surface area contributed by atoms with Crippen LogP contribution in [0.2, 0.25) is 0 Å². The van der Waals surface area contributed by atoms with E-state index < -0.39 is 0 Å². The number of hydrogen-bond donors (Lipinski definition) is 0. The predicted octanol–water partition coefficient (Wildman–Crippen LogP) is 12.6. The van der Waals surface area contributed by atoms with Gasteiger partial charge in [-0.25, -0.2) is 0 Å². The van der Waals surface area contributed by atoms with Crippen LogP contribution in [0.4, 0.5) is 0 Å². The predicted molar refractivity (Wildman–Crippen MR) is 208 cm³/mol. The number of rotatable bonds is 3. The summed E-state index contributed by atoms with van der Waals surface area (Å²) in [6, 6.07) is 57.3. The van der Waals surface area contributed by atoms with Gasteiger partial charge >= 0.3 is 0 Å². The SMILES string of the molecule is CC1(C)c2ccccc2-c2cc3c(cc21)c1cc(-c2ccc4c(c2)c2oc5ccccc5c2n4-c2ccccc2)ccc1n3-c1ccccc1. The third kappa shape index (κ3) is 3.64. The maximum absolute atomic E-state index is 6.60. The lowest BCUT2D eigenvalue weighted by molar-refractivity contribution is 0.661. The maximum atomic E-state index is 6.60. The Morgan fingerprint density at radius 3 is 1.80 bits per heavy atom. The summed E-state index contributed by atoms with van der Waals surface area (Å²) in [6.07, 6.45) is 0. The van der Waals surface area contributed by atoms with Crippen molar-refractivity contribution >= 4 is 54.8 Å². The number of benzene rings is 7. The van der Waals surface area contributed by atoms with Crippen molar-refractivity contribution in [2.24, 2.45) is 0 Å². The highest BCUT2D eigenvalue weighted by molar-refractivity contribution is 6.17. The smallest absolute Gasteiger partial charge is 0.161 e. The summed E-state index contributed by atoms with van der Waals surface area (Å²) in [5, 5.41) is 4.77. The van der Waals surface area contributed by atoms with Crippen molar-refractivity contribution in [2.45, 2.75) is 19.3 Å². The fourth-order valence-electron chi connectivity index (χ4n) is 8.74. The van der Waals surface area contributed by atoms with Crippen LogP contribution < -0.4 is 0 Å². The number of nitrogens with zero attached hydrogens (tertiary/aromatic N) is 2. The molecule has 3 aromatic heterocycles. The zero-order chi connectivity index (χ0) is 33.1. The molecule has 3 heterocycles. The molecule has 0 bridgehead atoms. The molecule has 50 heavy (non-hydrogen) atoms. The second-order valence-corrected chi connectivity index (χ2v) is 14.2. The van der Waals surface area contributed by atoms with Crippen LogP contribution in [-0.4, -0.2) is 9.13 Å². The monoisotopic (exact) mass is 640 g/mol. The molecule has 0 spiro atoms. The van der Waals surface area contributed by atoms with Gasteiger partial charge in [-0.05, 0) is 106 Å². The van der Waals surface area contributed by atoms with Crippen LogP contribution in [-0.2, 0) is 5.41 Å². The Kier molecular flexibility index (Phi) is 5.45. The molecule has 0 N–H and O–H groups in total. The Labute approximate surface area is 289 Å². The Morgan fingerprint density at radius 2 is 1.04 bits per heavy atom. The van der Waals surface area contributed by atoms with E-state index in [-0.39, 0.29) is 5.41 Å². The van der Waals surface area contributed by atoms with Gasteiger partial charge in [-0.3, -0.25) is 0 Å². The van der Waals surface area contributed by atoms with Crippen LogP contribution >= 0.6 is 0 Å². The summed E-state index contributed by atoms with van der Waals surface area (Å²) in [6.45, 7) is 4.72. The van der Waals surface area contributed by atoms with E-state index in [0.717, 1.165) is 38.7 Å². The molecular weight excluding hydrogens is 609 g/mol. The first kappa shape index (κ1) is 27.6. The largest absolute Gasteiger partial charge is 0.454 e. The lowest BCUT2D eigenvalue weighted by atomic mass is 9.82. The molecule has 0 saturated carbocycles. The fraction of sp³-hybridized carbons (Fsp3) is 0.0638. The first-order chi connectivity index (χ1) is 24.6. The minimum absolute atomic E-state index is 0.0756. The van der Waals surface area contributed by atoms with E-state index >= 15 is 0 Å². The second kappa shape index (κ2) is 9.87. The van der Waals surface area contributed by atoms with Crippen LogP contribution in [0.1, 0.15) is 25.0 Å². The summed E-state index contributed by atoms with van der Waals surface area (Å²) in [7, 11) is 0. The molecule has 7 aromatic carbocycles. The fourth-order valence-corrected chi connectivity index (χ4v) is 8.74. The van der Waals surface area contributed by atoms with Gasteiger partial charge in [0.2, 0.25) is 0 Å². The van der Waals surface area contributed by atoms with Gasteiger partial charge < -0.3 is 13.6 Å². The summed E-state index contributed by atoms with van der Waals surface area (Å²) in [4.78, 5) is 0. The summed E-state index contributed by atoms with van der Waals surface area (Å²) in [5.74, 6) is 0. The van der Waals surface area contributed by atoms with E-state index in [1.165, 1.54) is 60.9 Å². The molecule has 0 radical (unpaired) electrons. The van der Waals surface area contributed by atoms with Gasteiger partial charge in [0.1, 0.15) is 11.1 Å². The third-order valence-electron chi connectivity index (χ3n) is 11.1. The maximum Gasteiger partial charge on any atom is 0.161 e. The Morgan fingerprint density at radius 1 is 0.440 bits per heavy atom. The third-order valence-corrected chi connectivity index (χ3v) is 11.1. The molecule has 236 valence electrons. The normalized spacial score (nSPS) is 13.6. The van der Waals surface area contributed by atoms with Crippen LogP contribution in [0.25, 0.3) is 88.4 Å². The van der Waals surface area contributed by atoms with Gasteiger partial charge in [0, 0.05) is 38.3 Å². The molecular formula is C47H32N2O. The topological polar surface area (TPSA) is 23.0 Å². The van der Waals surface area contributed by atoms with Crippen molar-refractivity contribution in [3.05, 3.63) is 169 Å². The quantitative estimate of drug-likeness (QED) is 0.188. The number of furan rings is 1. The van der Waals surface area contributed by atoms with Crippen molar-refractivity contribution in [3.63, 3.8) is 0 Å². The Bertz CT molecular complexity index is 2990. The molecule has 3 nitrogen and oxygen atoms in total. The highest BCUT2D eigenvalue weighted by Gasteiger charge is 2.36. The summed E-state index contributed by atoms with van der Waals surface area (Å²) < 4.78 is 11.4. The van der Waals surface area contributed by atoms with E-state index in [0.29, 0.717) is 0 Å². The highest BCUT2D eigenvalue weighted by Crippen LogP contribution is 2.51. The van der Waals surface area contributed by atoms with Crippen molar-refractivity contribution in [1.29, 1.82) is 0 Å². The Hall–Kier alpha value is -6.32. The van der Waals surface area contributed by atoms with Crippen molar-refractivity contribution in [3.8, 4) is 33.6 Å². The van der Waals surface area contributed by atoms with E-state index in [2.05, 4.69) is 175 Å². The number of aromatic nitrogens is 2. The molecule has 0 atom stereocenters. The zero-order valence-electron chi connectivity index (χ0n) is 27.8. The van der Waals surface area contributed by atoms with Gasteiger partial charge in [0.25, 0.3) is 0 Å². The van der Waals surface area contributed by atoms with Gasteiger partial charge in [0.05, 0.1) is 16.6 Å². The molecule has 11 rings (SSSR count). The van der Waals surface area contributed by atoms with Crippen molar-refractivity contribution in [1.82, 2.24) is 9.13 Å². The van der Waals surface area contributed by atoms with Crippen LogP contribution in [0.15, 0.2) is 162 Å². The average molecular weight is 641 g/mol. The zero-order valence-corrected chi connectivity index (χ0v) is 27.8. The molecule has 10 aromatic rings. The molecule has 1 aliphatic carbocycles. The Balaban J connectivity index is 1.17. The average Bonchev–Trinajstić information content (AvgIpc) is 3.86. The minimum atomic E-state index is -0.0756. The molecule has 0 aliphatic heterocycles. The van der Waals surface area contributed by atoms with Gasteiger partial charge in [-0.2, -0.15) is 0 Å². The highest BCUT2D eigenvalue weighted by atomic mass is 16.3. The standard InChI is InChI=1S/C47H32N2O/c1-47(2)39-19-11-9-17-33(39)35-28-43-37(27-40(35)47)36-25-29(21-23-41(36)48(43)31-13-5-3-6-14-31)30-22-24-42-38(26-30)46-45(34-18-10-12-20-44(34)50-46)49(42)32-15-7-4-8-16-32/h3-28H,1-2H3.